The van der Waals surface area contributed by atoms with Crippen molar-refractivity contribution in [2.45, 2.75) is 33.0 Å². The molecule has 0 saturated carbocycles. The highest BCUT2D eigenvalue weighted by atomic mass is 16.3. The molecule has 4 heterocycles. The van der Waals surface area contributed by atoms with Crippen LogP contribution >= 0.6 is 0 Å². The standard InChI is InChI=1S/C20H22N6O3/c1-3-7-25-16-10-14(2)29-19(16)15-11-23-26(20(28)18(15)25)12-17(27)22-5-4-8-24-9-6-21-13-24/h3,6,9-11,13H,1,4-5,7-8,12H2,2H3,(H,22,27). The zero-order chi connectivity index (χ0) is 20.4. The van der Waals surface area contributed by atoms with E-state index in [-0.39, 0.29) is 18.0 Å². The van der Waals surface area contributed by atoms with Gasteiger partial charge in [-0.05, 0) is 13.3 Å². The van der Waals surface area contributed by atoms with Gasteiger partial charge in [-0.25, -0.2) is 9.67 Å². The third kappa shape index (κ3) is 3.58. The second-order valence-electron chi connectivity index (χ2n) is 6.84. The number of carbonyl (C=O) groups is 1. The van der Waals surface area contributed by atoms with Crippen molar-refractivity contribution in [1.82, 2.24) is 29.2 Å². The predicted octanol–water partition coefficient (Wildman–Crippen LogP) is 1.84. The van der Waals surface area contributed by atoms with Crippen LogP contribution < -0.4 is 10.9 Å². The highest BCUT2D eigenvalue weighted by molar-refractivity contribution is 6.04. The van der Waals surface area contributed by atoms with Crippen LogP contribution in [0.5, 0.6) is 0 Å². The van der Waals surface area contributed by atoms with Crippen molar-refractivity contribution in [3.8, 4) is 0 Å². The van der Waals surface area contributed by atoms with E-state index in [0.717, 1.165) is 24.2 Å². The highest BCUT2D eigenvalue weighted by Crippen LogP contribution is 2.29. The number of fused-ring (bicyclic) bond motifs is 3. The molecule has 0 saturated heterocycles. The summed E-state index contributed by atoms with van der Waals surface area (Å²) in [7, 11) is 0. The number of rotatable bonds is 8. The van der Waals surface area contributed by atoms with E-state index >= 15 is 0 Å². The first-order valence-electron chi connectivity index (χ1n) is 9.40. The first-order chi connectivity index (χ1) is 14.1. The molecule has 1 amide bonds. The van der Waals surface area contributed by atoms with Crippen molar-refractivity contribution in [1.29, 1.82) is 0 Å². The molecule has 0 aliphatic carbocycles. The van der Waals surface area contributed by atoms with Crippen molar-refractivity contribution in [2.75, 3.05) is 6.54 Å². The van der Waals surface area contributed by atoms with Crippen LogP contribution in [0, 0.1) is 6.92 Å². The minimum Gasteiger partial charge on any atom is -0.459 e. The number of imidazole rings is 1. The van der Waals surface area contributed by atoms with Crippen molar-refractivity contribution >= 4 is 27.9 Å². The Bertz CT molecular complexity index is 1230. The molecule has 9 heteroatoms. The number of nitrogens with one attached hydrogen (secondary N) is 1. The predicted molar refractivity (Wildman–Crippen MR) is 109 cm³/mol. The van der Waals surface area contributed by atoms with Gasteiger partial charge in [0.25, 0.3) is 5.56 Å². The topological polar surface area (TPSA) is 99.9 Å². The van der Waals surface area contributed by atoms with E-state index in [0.29, 0.717) is 29.6 Å². The summed E-state index contributed by atoms with van der Waals surface area (Å²) in [5.41, 5.74) is 1.57. The SMILES string of the molecule is C=CCn1c2cc(C)oc2c2cnn(CC(=O)NCCCn3ccnc3)c(=O)c21. The average Bonchev–Trinajstić information content (AvgIpc) is 3.39. The molecule has 4 rings (SSSR count). The van der Waals surface area contributed by atoms with Gasteiger partial charge < -0.3 is 18.9 Å². The molecule has 0 aromatic carbocycles. The molecule has 1 N–H and O–H groups in total. The number of aryl methyl sites for hydroxylation is 2. The number of aromatic nitrogens is 5. The van der Waals surface area contributed by atoms with Crippen molar-refractivity contribution in [2.24, 2.45) is 0 Å². The van der Waals surface area contributed by atoms with E-state index in [4.69, 9.17) is 4.42 Å². The van der Waals surface area contributed by atoms with Crippen molar-refractivity contribution in [3.63, 3.8) is 0 Å². The van der Waals surface area contributed by atoms with E-state index in [9.17, 15) is 9.59 Å². The molecule has 29 heavy (non-hydrogen) atoms. The number of carbonyl (C=O) groups excluding carboxylic acids is 1. The summed E-state index contributed by atoms with van der Waals surface area (Å²) in [4.78, 5) is 29.3. The summed E-state index contributed by atoms with van der Waals surface area (Å²) in [5.74, 6) is 0.500. The van der Waals surface area contributed by atoms with E-state index < -0.39 is 0 Å². The third-order valence-corrected chi connectivity index (χ3v) is 4.74. The smallest absolute Gasteiger partial charge is 0.291 e. The van der Waals surface area contributed by atoms with Gasteiger partial charge in [-0.1, -0.05) is 6.08 Å². The van der Waals surface area contributed by atoms with Gasteiger partial charge in [0, 0.05) is 38.1 Å². The van der Waals surface area contributed by atoms with Crippen molar-refractivity contribution < 1.29 is 9.21 Å². The monoisotopic (exact) mass is 394 g/mol. The van der Waals surface area contributed by atoms with Crippen LogP contribution in [0.1, 0.15) is 12.2 Å². The lowest BCUT2D eigenvalue weighted by atomic mass is 10.3. The number of allylic oxidation sites excluding steroid dienone is 1. The van der Waals surface area contributed by atoms with Gasteiger partial charge in [-0.2, -0.15) is 5.10 Å². The Morgan fingerprint density at radius 2 is 2.28 bits per heavy atom. The molecule has 4 aromatic rings. The number of nitrogens with zero attached hydrogens (tertiary/aromatic N) is 5. The van der Waals surface area contributed by atoms with Gasteiger partial charge in [-0.3, -0.25) is 9.59 Å². The van der Waals surface area contributed by atoms with Crippen LogP contribution in [0.15, 0.2) is 52.9 Å². The minimum absolute atomic E-state index is 0.139. The quantitative estimate of drug-likeness (QED) is 0.363. The fourth-order valence-corrected chi connectivity index (χ4v) is 3.45. The Morgan fingerprint density at radius 1 is 1.41 bits per heavy atom. The molecular weight excluding hydrogens is 372 g/mol. The summed E-state index contributed by atoms with van der Waals surface area (Å²) in [5, 5.41) is 7.64. The summed E-state index contributed by atoms with van der Waals surface area (Å²) in [6.07, 6.45) is 9.38. The fraction of sp³-hybridized carbons (Fsp3) is 0.300. The van der Waals surface area contributed by atoms with Gasteiger partial charge in [0.2, 0.25) is 5.91 Å². The van der Waals surface area contributed by atoms with E-state index in [1.54, 1.807) is 24.8 Å². The Balaban J connectivity index is 1.52. The minimum atomic E-state index is -0.332. The van der Waals surface area contributed by atoms with Crippen LogP contribution in [0.4, 0.5) is 0 Å². The zero-order valence-electron chi connectivity index (χ0n) is 16.2. The zero-order valence-corrected chi connectivity index (χ0v) is 16.2. The third-order valence-electron chi connectivity index (χ3n) is 4.74. The maximum absolute atomic E-state index is 13.0. The van der Waals surface area contributed by atoms with Gasteiger partial charge >= 0.3 is 0 Å². The Morgan fingerprint density at radius 3 is 3.03 bits per heavy atom. The first kappa shape index (κ1) is 18.7. The molecule has 0 fully saturated rings. The van der Waals surface area contributed by atoms with Gasteiger partial charge in [0.05, 0.1) is 23.4 Å². The first-order valence-corrected chi connectivity index (χ1v) is 9.40. The summed E-state index contributed by atoms with van der Waals surface area (Å²) in [6.45, 7) is 7.21. The second-order valence-corrected chi connectivity index (χ2v) is 6.84. The maximum atomic E-state index is 13.0. The molecule has 0 atom stereocenters. The maximum Gasteiger partial charge on any atom is 0.291 e. The lowest BCUT2D eigenvalue weighted by Crippen LogP contribution is -2.34. The average molecular weight is 394 g/mol. The molecule has 9 nitrogen and oxygen atoms in total. The van der Waals surface area contributed by atoms with E-state index in [1.165, 1.54) is 4.68 Å². The van der Waals surface area contributed by atoms with Crippen LogP contribution in [0.2, 0.25) is 0 Å². The molecule has 0 unspecified atom stereocenters. The molecule has 0 aliphatic rings. The van der Waals surface area contributed by atoms with Crippen LogP contribution in [0.3, 0.4) is 0 Å². The van der Waals surface area contributed by atoms with Gasteiger partial charge in [0.15, 0.2) is 5.58 Å². The summed E-state index contributed by atoms with van der Waals surface area (Å²) < 4.78 is 10.7. The van der Waals surface area contributed by atoms with E-state index in [1.807, 2.05) is 28.3 Å². The highest BCUT2D eigenvalue weighted by Gasteiger charge is 2.19. The van der Waals surface area contributed by atoms with Gasteiger partial charge in [0.1, 0.15) is 17.8 Å². The molecule has 4 aromatic heterocycles. The molecular formula is C20H22N6O3. The number of hydrogen-bond acceptors (Lipinski definition) is 5. The molecule has 0 aliphatic heterocycles. The van der Waals surface area contributed by atoms with Crippen LogP contribution in [0.25, 0.3) is 22.0 Å². The molecule has 150 valence electrons. The van der Waals surface area contributed by atoms with Crippen LogP contribution in [-0.2, 0) is 24.4 Å². The number of furan rings is 1. The van der Waals surface area contributed by atoms with Crippen molar-refractivity contribution in [3.05, 3.63) is 59.8 Å². The Labute approximate surface area is 166 Å². The molecule has 0 bridgehead atoms. The lowest BCUT2D eigenvalue weighted by molar-refractivity contribution is -0.121. The summed E-state index contributed by atoms with van der Waals surface area (Å²) in [6, 6.07) is 1.88. The normalized spacial score (nSPS) is 11.3. The second kappa shape index (κ2) is 7.78. The largest absolute Gasteiger partial charge is 0.459 e. The molecule has 0 spiro atoms. The number of hydrogen-bond donors (Lipinski definition) is 1. The molecule has 0 radical (unpaired) electrons. The Kier molecular flexibility index (Phi) is 5.03. The summed E-state index contributed by atoms with van der Waals surface area (Å²) >= 11 is 0. The van der Waals surface area contributed by atoms with E-state index in [2.05, 4.69) is 22.0 Å². The van der Waals surface area contributed by atoms with Crippen LogP contribution in [-0.4, -0.2) is 36.4 Å². The lowest BCUT2D eigenvalue weighted by Gasteiger charge is -2.08. The van der Waals surface area contributed by atoms with Gasteiger partial charge in [-0.15, -0.1) is 6.58 Å². The fourth-order valence-electron chi connectivity index (χ4n) is 3.45. The Hall–Kier alpha value is -3.62. The number of amides is 1.